The minimum absolute atomic E-state index is 0.128. The molecule has 41 heavy (non-hydrogen) atoms. The number of piperidine rings is 1. The molecule has 3 heterocycles. The maximum Gasteiger partial charge on any atom is 0.408 e. The Kier molecular flexibility index (Phi) is 8.36. The number of carbonyl (C=O) groups is 2. The second-order valence-electron chi connectivity index (χ2n) is 11.2. The number of rotatable bonds is 5. The predicted octanol–water partition coefficient (Wildman–Crippen LogP) is 6.52. The molecule has 1 atom stereocenters. The molecule has 2 aromatic heterocycles. The summed E-state index contributed by atoms with van der Waals surface area (Å²) in [6.07, 6.45) is 5.12. The van der Waals surface area contributed by atoms with Gasteiger partial charge in [0, 0.05) is 29.6 Å². The number of hydrogen-bond donors (Lipinski definition) is 1. The number of carbonyl (C=O) groups excluding carboxylic acids is 2. The second kappa shape index (κ2) is 11.7. The number of ether oxygens (including phenoxy) is 2. The van der Waals surface area contributed by atoms with E-state index in [4.69, 9.17) is 32.7 Å². The number of aromatic nitrogens is 3. The van der Waals surface area contributed by atoms with E-state index >= 15 is 0 Å². The van der Waals surface area contributed by atoms with Crippen LogP contribution in [-0.2, 0) is 15.9 Å². The van der Waals surface area contributed by atoms with E-state index in [1.54, 1.807) is 18.5 Å². The number of alkyl carbamates (subject to hydrolysis) is 1. The van der Waals surface area contributed by atoms with Crippen LogP contribution in [0.3, 0.4) is 0 Å². The van der Waals surface area contributed by atoms with Gasteiger partial charge in [0.15, 0.2) is 11.5 Å². The van der Waals surface area contributed by atoms with E-state index < -0.39 is 17.7 Å². The molecular weight excluding hydrogens is 585 g/mol. The van der Waals surface area contributed by atoms with Gasteiger partial charge in [0.2, 0.25) is 0 Å². The van der Waals surface area contributed by atoms with E-state index in [9.17, 15) is 9.59 Å². The molecule has 1 spiro atoms. The highest BCUT2D eigenvalue weighted by molar-refractivity contribution is 7.99. The molecule has 3 aromatic rings. The number of nitrogens with zero attached hydrogens (tertiary/aromatic N) is 4. The molecule has 1 fully saturated rings. The summed E-state index contributed by atoms with van der Waals surface area (Å²) in [4.78, 5) is 41.6. The third-order valence-corrected chi connectivity index (χ3v) is 9.22. The second-order valence-corrected chi connectivity index (χ2v) is 13.0. The molecule has 0 saturated carbocycles. The Balaban J connectivity index is 1.38. The lowest BCUT2D eigenvalue weighted by molar-refractivity contribution is 0.0426. The monoisotopic (exact) mass is 615 g/mol. The molecule has 1 N–H and O–H groups in total. The molecule has 1 amide bonds. The maximum atomic E-state index is 12.9. The summed E-state index contributed by atoms with van der Waals surface area (Å²) in [6, 6.07) is 9.77. The Morgan fingerprint density at radius 1 is 1.12 bits per heavy atom. The van der Waals surface area contributed by atoms with Gasteiger partial charge in [-0.2, -0.15) is 0 Å². The molecule has 1 saturated heterocycles. The van der Waals surface area contributed by atoms with Crippen LogP contribution in [0.2, 0.25) is 10.2 Å². The van der Waals surface area contributed by atoms with Crippen molar-refractivity contribution in [3.63, 3.8) is 0 Å². The van der Waals surface area contributed by atoms with Gasteiger partial charge in [-0.05, 0) is 57.2 Å². The van der Waals surface area contributed by atoms with Crippen molar-refractivity contribution >= 4 is 52.8 Å². The Bertz CT molecular complexity index is 1470. The summed E-state index contributed by atoms with van der Waals surface area (Å²) in [5, 5.41) is 4.14. The lowest BCUT2D eigenvalue weighted by atomic mass is 9.72. The quantitative estimate of drug-likeness (QED) is 0.253. The first kappa shape index (κ1) is 29.4. The van der Waals surface area contributed by atoms with Crippen LogP contribution in [0.5, 0.6) is 0 Å². The zero-order chi connectivity index (χ0) is 29.4. The number of esters is 1. The van der Waals surface area contributed by atoms with Gasteiger partial charge in [-0.3, -0.25) is 0 Å². The van der Waals surface area contributed by atoms with Gasteiger partial charge in [0.1, 0.15) is 15.8 Å². The molecule has 0 radical (unpaired) electrons. The smallest absolute Gasteiger partial charge is 0.408 e. The molecule has 2 aliphatic rings. The van der Waals surface area contributed by atoms with E-state index in [-0.39, 0.29) is 22.3 Å². The number of pyridine rings is 1. The van der Waals surface area contributed by atoms with Crippen LogP contribution >= 0.6 is 35.0 Å². The van der Waals surface area contributed by atoms with Crippen LogP contribution in [0.1, 0.15) is 61.3 Å². The molecule has 1 aliphatic carbocycles. The highest BCUT2D eigenvalue weighted by Gasteiger charge is 2.49. The SMILES string of the molecule is COC(=O)c1nc(Sc2ccnc(Cl)c2Cl)cnc1N1CCC2(CC1)Cc1ccccc1C2NC(=O)OC(C)(C)C. The van der Waals surface area contributed by atoms with Gasteiger partial charge in [-0.1, -0.05) is 59.2 Å². The molecule has 5 rings (SSSR count). The van der Waals surface area contributed by atoms with E-state index in [1.807, 2.05) is 32.9 Å². The van der Waals surface area contributed by atoms with Crippen LogP contribution < -0.4 is 10.2 Å². The van der Waals surface area contributed by atoms with Gasteiger partial charge in [-0.25, -0.2) is 24.5 Å². The first-order valence-corrected chi connectivity index (χ1v) is 14.8. The molecule has 9 nitrogen and oxygen atoms in total. The lowest BCUT2D eigenvalue weighted by Crippen LogP contribution is -2.48. The van der Waals surface area contributed by atoms with Crippen LogP contribution in [0.15, 0.2) is 52.6 Å². The Morgan fingerprint density at radius 3 is 2.56 bits per heavy atom. The molecule has 12 heteroatoms. The number of halogens is 2. The third-order valence-electron chi connectivity index (χ3n) is 7.38. The third kappa shape index (κ3) is 6.24. The fourth-order valence-corrected chi connectivity index (χ4v) is 6.77. The van der Waals surface area contributed by atoms with Gasteiger partial charge < -0.3 is 19.7 Å². The summed E-state index contributed by atoms with van der Waals surface area (Å²) < 4.78 is 10.7. The summed E-state index contributed by atoms with van der Waals surface area (Å²) in [7, 11) is 1.32. The fraction of sp³-hybridized carbons (Fsp3) is 0.414. The van der Waals surface area contributed by atoms with Crippen LogP contribution in [0.4, 0.5) is 10.6 Å². The minimum Gasteiger partial charge on any atom is -0.464 e. The molecule has 1 unspecified atom stereocenters. The van der Waals surface area contributed by atoms with Crippen molar-refractivity contribution in [3.8, 4) is 0 Å². The predicted molar refractivity (Wildman–Crippen MR) is 158 cm³/mol. The van der Waals surface area contributed by atoms with Gasteiger partial charge in [0.05, 0.1) is 24.4 Å². The number of hydrogen-bond acceptors (Lipinski definition) is 9. The summed E-state index contributed by atoms with van der Waals surface area (Å²) >= 11 is 13.6. The average molecular weight is 617 g/mol. The fourth-order valence-electron chi connectivity index (χ4n) is 5.55. The number of anilines is 1. The molecule has 1 aliphatic heterocycles. The molecule has 0 bridgehead atoms. The van der Waals surface area contributed by atoms with E-state index in [1.165, 1.54) is 24.4 Å². The highest BCUT2D eigenvalue weighted by Crippen LogP contribution is 2.52. The summed E-state index contributed by atoms with van der Waals surface area (Å²) in [5.74, 6) is -0.117. The number of amides is 1. The molecule has 1 aromatic carbocycles. The average Bonchev–Trinajstić information content (AvgIpc) is 3.22. The van der Waals surface area contributed by atoms with Crippen LogP contribution in [-0.4, -0.2) is 52.8 Å². The van der Waals surface area contributed by atoms with Crippen molar-refractivity contribution in [3.05, 3.63) is 69.7 Å². The van der Waals surface area contributed by atoms with Crippen molar-refractivity contribution in [2.24, 2.45) is 5.41 Å². The largest absolute Gasteiger partial charge is 0.464 e. The topological polar surface area (TPSA) is 107 Å². The zero-order valence-electron chi connectivity index (χ0n) is 23.2. The maximum absolute atomic E-state index is 12.9. The van der Waals surface area contributed by atoms with Crippen molar-refractivity contribution < 1.29 is 19.1 Å². The molecule has 216 valence electrons. The Morgan fingerprint density at radius 2 is 1.85 bits per heavy atom. The van der Waals surface area contributed by atoms with E-state index in [2.05, 4.69) is 37.3 Å². The number of methoxy groups -OCH3 is 1. The van der Waals surface area contributed by atoms with Crippen molar-refractivity contribution in [2.75, 3.05) is 25.1 Å². The summed E-state index contributed by atoms with van der Waals surface area (Å²) in [5.41, 5.74) is 1.69. The van der Waals surface area contributed by atoms with Crippen LogP contribution in [0, 0.1) is 5.41 Å². The number of nitrogens with one attached hydrogen (secondary N) is 1. The number of fused-ring (bicyclic) bond motifs is 1. The van der Waals surface area contributed by atoms with Crippen molar-refractivity contribution in [1.29, 1.82) is 0 Å². The van der Waals surface area contributed by atoms with E-state index in [0.717, 1.165) is 24.8 Å². The highest BCUT2D eigenvalue weighted by atomic mass is 35.5. The van der Waals surface area contributed by atoms with Crippen molar-refractivity contribution in [2.45, 2.75) is 61.6 Å². The zero-order valence-corrected chi connectivity index (χ0v) is 25.6. The normalized spacial score (nSPS) is 17.7. The lowest BCUT2D eigenvalue weighted by Gasteiger charge is -2.44. The first-order chi connectivity index (χ1) is 19.5. The van der Waals surface area contributed by atoms with Gasteiger partial charge in [-0.15, -0.1) is 0 Å². The number of benzene rings is 1. The van der Waals surface area contributed by atoms with Crippen LogP contribution in [0.25, 0.3) is 0 Å². The van der Waals surface area contributed by atoms with Crippen molar-refractivity contribution in [1.82, 2.24) is 20.3 Å². The molecular formula is C29H31Cl2N5O4S. The Hall–Kier alpha value is -3.08. The standard InChI is InChI=1S/C29H31Cl2N5O4S/c1-28(2,3)40-27(38)35-23-18-8-6-5-7-17(18)15-29(23)10-13-36(14-11-29)25-22(26(37)39-4)34-20(16-33-25)41-19-9-12-32-24(31)21(19)30/h5-9,12,16,23H,10-11,13-15H2,1-4H3,(H,35,38). The van der Waals surface area contributed by atoms with Gasteiger partial charge in [0.25, 0.3) is 0 Å². The van der Waals surface area contributed by atoms with E-state index in [0.29, 0.717) is 33.9 Å². The summed E-state index contributed by atoms with van der Waals surface area (Å²) in [6.45, 7) is 6.81. The Labute approximate surface area is 253 Å². The van der Waals surface area contributed by atoms with Gasteiger partial charge >= 0.3 is 12.1 Å². The first-order valence-electron chi connectivity index (χ1n) is 13.3. The minimum atomic E-state index is -0.596.